The highest BCUT2D eigenvalue weighted by Gasteiger charge is 2.24. The van der Waals surface area contributed by atoms with Crippen LogP contribution in [0.2, 0.25) is 0 Å². The fourth-order valence-corrected chi connectivity index (χ4v) is 4.29. The van der Waals surface area contributed by atoms with Gasteiger partial charge in [-0.15, -0.1) is 0 Å². The molecule has 2 aliphatic rings. The van der Waals surface area contributed by atoms with Crippen molar-refractivity contribution in [3.63, 3.8) is 0 Å². The third-order valence-corrected chi connectivity index (χ3v) is 6.06. The number of ether oxygens (including phenoxy) is 2. The molecule has 0 saturated carbocycles. The van der Waals surface area contributed by atoms with Crippen molar-refractivity contribution in [2.24, 2.45) is 0 Å². The number of fused-ring (bicyclic) bond motifs is 2. The Labute approximate surface area is 182 Å². The van der Waals surface area contributed by atoms with Crippen LogP contribution in [0.5, 0.6) is 11.5 Å². The first-order valence-corrected chi connectivity index (χ1v) is 11.0. The minimum atomic E-state index is -0.365. The number of halogens is 2. The summed E-state index contributed by atoms with van der Waals surface area (Å²) in [6.07, 6.45) is 4.96. The van der Waals surface area contributed by atoms with E-state index in [0.717, 1.165) is 18.4 Å². The van der Waals surface area contributed by atoms with Crippen LogP contribution in [-0.4, -0.2) is 47.2 Å². The van der Waals surface area contributed by atoms with Crippen molar-refractivity contribution >= 4 is 38.3 Å². The number of hydrogen-bond donors (Lipinski definition) is 1. The second-order valence-electron chi connectivity index (χ2n) is 7.68. The van der Waals surface area contributed by atoms with Gasteiger partial charge < -0.3 is 19.7 Å². The van der Waals surface area contributed by atoms with Gasteiger partial charge in [0.05, 0.1) is 11.2 Å². The number of hydrogen-bond acceptors (Lipinski definition) is 6. The van der Waals surface area contributed by atoms with Gasteiger partial charge >= 0.3 is 0 Å². The van der Waals surface area contributed by atoms with E-state index in [0.29, 0.717) is 39.6 Å². The Balaban J connectivity index is 1.39. The third-order valence-electron chi connectivity index (χ3n) is 5.57. The second kappa shape index (κ2) is 8.35. The summed E-state index contributed by atoms with van der Waals surface area (Å²) in [7, 11) is 0. The van der Waals surface area contributed by atoms with Gasteiger partial charge in [-0.1, -0.05) is 15.9 Å². The molecule has 6 nitrogen and oxygen atoms in total. The van der Waals surface area contributed by atoms with Gasteiger partial charge in [0.25, 0.3) is 0 Å². The van der Waals surface area contributed by atoms with E-state index in [4.69, 9.17) is 9.47 Å². The molecule has 156 valence electrons. The average molecular weight is 473 g/mol. The smallest absolute Gasteiger partial charge is 0.163 e. The highest BCUT2D eigenvalue weighted by atomic mass is 79.9. The molecule has 1 aromatic heterocycles. The van der Waals surface area contributed by atoms with Crippen molar-refractivity contribution in [1.29, 1.82) is 0 Å². The van der Waals surface area contributed by atoms with Gasteiger partial charge in [0.2, 0.25) is 0 Å². The average Bonchev–Trinajstić information content (AvgIpc) is 3.27. The van der Waals surface area contributed by atoms with Crippen LogP contribution in [0.1, 0.15) is 19.3 Å². The Morgan fingerprint density at radius 1 is 1.13 bits per heavy atom. The van der Waals surface area contributed by atoms with E-state index in [1.165, 1.54) is 38.3 Å². The predicted molar refractivity (Wildman–Crippen MR) is 117 cm³/mol. The van der Waals surface area contributed by atoms with Gasteiger partial charge in [0, 0.05) is 28.9 Å². The van der Waals surface area contributed by atoms with E-state index < -0.39 is 0 Å². The topological polar surface area (TPSA) is 59.5 Å². The highest BCUT2D eigenvalue weighted by Crippen LogP contribution is 2.38. The molecule has 2 aromatic carbocycles. The van der Waals surface area contributed by atoms with Crippen molar-refractivity contribution in [2.75, 3.05) is 31.6 Å². The molecule has 5 rings (SSSR count). The van der Waals surface area contributed by atoms with E-state index in [1.807, 2.05) is 12.1 Å². The molecule has 1 atom stereocenters. The molecule has 0 radical (unpaired) electrons. The minimum absolute atomic E-state index is 0.0144. The molecule has 0 aliphatic carbocycles. The van der Waals surface area contributed by atoms with Gasteiger partial charge in [0.15, 0.2) is 11.5 Å². The number of aromatic nitrogens is 2. The monoisotopic (exact) mass is 472 g/mol. The Kier molecular flexibility index (Phi) is 5.43. The van der Waals surface area contributed by atoms with E-state index in [9.17, 15) is 4.39 Å². The second-order valence-corrected chi connectivity index (χ2v) is 8.59. The number of anilines is 2. The number of nitrogens with zero attached hydrogens (tertiary/aromatic N) is 3. The van der Waals surface area contributed by atoms with E-state index in [-0.39, 0.29) is 11.9 Å². The molecule has 0 spiro atoms. The van der Waals surface area contributed by atoms with Crippen molar-refractivity contribution in [3.05, 3.63) is 46.9 Å². The predicted octanol–water partition coefficient (Wildman–Crippen LogP) is 4.90. The quantitative estimate of drug-likeness (QED) is 0.569. The van der Waals surface area contributed by atoms with Crippen molar-refractivity contribution in [2.45, 2.75) is 25.4 Å². The van der Waals surface area contributed by atoms with Gasteiger partial charge in [-0.3, -0.25) is 0 Å². The van der Waals surface area contributed by atoms with Crippen LogP contribution in [0, 0.1) is 5.82 Å². The summed E-state index contributed by atoms with van der Waals surface area (Å²) >= 11 is 3.28. The molecule has 1 N–H and O–H groups in total. The minimum Gasteiger partial charge on any atom is -0.486 e. The molecule has 2 aliphatic heterocycles. The Morgan fingerprint density at radius 3 is 2.83 bits per heavy atom. The summed E-state index contributed by atoms with van der Waals surface area (Å²) in [4.78, 5) is 11.1. The molecule has 30 heavy (non-hydrogen) atoms. The lowest BCUT2D eigenvalue weighted by Crippen LogP contribution is -2.33. The third kappa shape index (κ3) is 4.06. The molecule has 0 amide bonds. The standard InChI is InChI=1S/C22H22BrFN4O2/c23-14-3-4-18(17(24)9-14)27-22-16-10-21-20(11-19(16)25-13-26-22)29-12-15(30-21)5-8-28-6-1-2-7-28/h3-4,9-11,13,15H,1-2,5-8,12H2,(H,25,26,27). The van der Waals surface area contributed by atoms with Gasteiger partial charge in [-0.2, -0.15) is 0 Å². The summed E-state index contributed by atoms with van der Waals surface area (Å²) in [5, 5.41) is 3.82. The first-order valence-electron chi connectivity index (χ1n) is 10.2. The van der Waals surface area contributed by atoms with Crippen molar-refractivity contribution in [1.82, 2.24) is 14.9 Å². The zero-order valence-electron chi connectivity index (χ0n) is 16.4. The summed E-state index contributed by atoms with van der Waals surface area (Å²) in [5.41, 5.74) is 1.06. The number of rotatable bonds is 5. The van der Waals surface area contributed by atoms with Crippen LogP contribution < -0.4 is 14.8 Å². The van der Waals surface area contributed by atoms with E-state index >= 15 is 0 Å². The molecule has 0 bridgehead atoms. The Hall–Kier alpha value is -2.45. The fourth-order valence-electron chi connectivity index (χ4n) is 3.96. The first kappa shape index (κ1) is 19.5. The van der Waals surface area contributed by atoms with Crippen LogP contribution in [0.3, 0.4) is 0 Å². The Morgan fingerprint density at radius 2 is 2.00 bits per heavy atom. The van der Waals surface area contributed by atoms with Gasteiger partial charge in [-0.05, 0) is 50.2 Å². The van der Waals surface area contributed by atoms with Crippen LogP contribution >= 0.6 is 15.9 Å². The SMILES string of the molecule is Fc1cc(Br)ccc1Nc1ncnc2cc3c(cc12)OC(CCN1CCCC1)CO3. The van der Waals surface area contributed by atoms with E-state index in [2.05, 4.69) is 36.1 Å². The molecule has 3 aromatic rings. The molecule has 1 saturated heterocycles. The van der Waals surface area contributed by atoms with E-state index in [1.54, 1.807) is 12.1 Å². The van der Waals surface area contributed by atoms with Crippen LogP contribution in [-0.2, 0) is 0 Å². The lowest BCUT2D eigenvalue weighted by Gasteiger charge is -2.28. The number of likely N-dealkylation sites (tertiary alicyclic amines) is 1. The normalized spacial score (nSPS) is 18.7. The van der Waals surface area contributed by atoms with Crippen LogP contribution in [0.25, 0.3) is 10.9 Å². The van der Waals surface area contributed by atoms with Crippen molar-refractivity contribution < 1.29 is 13.9 Å². The molecular weight excluding hydrogens is 451 g/mol. The van der Waals surface area contributed by atoms with Gasteiger partial charge in [0.1, 0.15) is 30.7 Å². The van der Waals surface area contributed by atoms with Crippen molar-refractivity contribution in [3.8, 4) is 11.5 Å². The summed E-state index contributed by atoms with van der Waals surface area (Å²) in [5.74, 6) is 1.51. The lowest BCUT2D eigenvalue weighted by molar-refractivity contribution is 0.0776. The van der Waals surface area contributed by atoms with Crippen LogP contribution in [0.15, 0.2) is 41.1 Å². The lowest BCUT2D eigenvalue weighted by atomic mass is 10.1. The maximum absolute atomic E-state index is 14.3. The molecule has 1 fully saturated rings. The zero-order valence-corrected chi connectivity index (χ0v) is 18.0. The Bertz CT molecular complexity index is 1070. The first-order chi connectivity index (χ1) is 14.7. The molecule has 3 heterocycles. The molecule has 1 unspecified atom stereocenters. The maximum Gasteiger partial charge on any atom is 0.163 e. The highest BCUT2D eigenvalue weighted by molar-refractivity contribution is 9.10. The summed E-state index contributed by atoms with van der Waals surface area (Å²) < 4.78 is 27.2. The largest absolute Gasteiger partial charge is 0.486 e. The zero-order chi connectivity index (χ0) is 20.5. The summed E-state index contributed by atoms with van der Waals surface area (Å²) in [6.45, 7) is 3.91. The maximum atomic E-state index is 14.3. The van der Waals surface area contributed by atoms with Gasteiger partial charge in [-0.25, -0.2) is 14.4 Å². The fraction of sp³-hybridized carbons (Fsp3) is 0.364. The molecular formula is C22H22BrFN4O2. The molecule has 8 heteroatoms. The van der Waals surface area contributed by atoms with Crippen LogP contribution in [0.4, 0.5) is 15.9 Å². The summed E-state index contributed by atoms with van der Waals surface area (Å²) in [6, 6.07) is 8.59. The number of benzene rings is 2. The number of nitrogens with one attached hydrogen (secondary N) is 1.